The Bertz CT molecular complexity index is 247. The van der Waals surface area contributed by atoms with E-state index in [1.807, 2.05) is 0 Å². The molecule has 1 heterocycles. The molecule has 14 heavy (non-hydrogen) atoms. The number of hydrogen-bond acceptors (Lipinski definition) is 4. The van der Waals surface area contributed by atoms with Gasteiger partial charge < -0.3 is 10.1 Å². The molecule has 6 heteroatoms. The summed E-state index contributed by atoms with van der Waals surface area (Å²) in [5, 5.41) is 3.16. The third-order valence-corrected chi connectivity index (χ3v) is 3.60. The van der Waals surface area contributed by atoms with Gasteiger partial charge in [-0.25, -0.2) is 13.1 Å². The van der Waals surface area contributed by atoms with Gasteiger partial charge in [0.25, 0.3) is 0 Å². The fourth-order valence-corrected chi connectivity index (χ4v) is 2.67. The molecule has 0 unspecified atom stereocenters. The maximum absolute atomic E-state index is 11.4. The average molecular weight is 222 g/mol. The number of methoxy groups -OCH3 is 1. The van der Waals surface area contributed by atoms with Crippen molar-refractivity contribution in [3.63, 3.8) is 0 Å². The summed E-state index contributed by atoms with van der Waals surface area (Å²) in [6.07, 6.45) is 1.94. The molecule has 0 amide bonds. The molecule has 1 saturated heterocycles. The van der Waals surface area contributed by atoms with Crippen LogP contribution in [0.3, 0.4) is 0 Å². The Labute approximate surface area is 85.3 Å². The Hall–Kier alpha value is -0.170. The summed E-state index contributed by atoms with van der Waals surface area (Å²) in [5.74, 6) is 0.0417. The van der Waals surface area contributed by atoms with Gasteiger partial charge in [-0.2, -0.15) is 0 Å². The summed E-state index contributed by atoms with van der Waals surface area (Å²) in [6.45, 7) is 1.96. The Morgan fingerprint density at radius 1 is 1.57 bits per heavy atom. The van der Waals surface area contributed by atoms with Gasteiger partial charge in [-0.15, -0.1) is 0 Å². The second-order valence-electron chi connectivity index (χ2n) is 3.47. The lowest BCUT2D eigenvalue weighted by Gasteiger charge is -2.23. The summed E-state index contributed by atoms with van der Waals surface area (Å²) in [7, 11) is -1.66. The standard InChI is InChI=1S/C8H18N2O3S/c1-13-5-6-14(11,12)10-8-3-2-4-9-7-8/h8-10H,2-7H2,1H3/t8-/m0/s1. The Kier molecular flexibility index (Phi) is 4.80. The first-order valence-corrected chi connectivity index (χ1v) is 6.49. The number of piperidine rings is 1. The number of hydrogen-bond donors (Lipinski definition) is 2. The molecule has 0 aromatic carbocycles. The van der Waals surface area contributed by atoms with Crippen molar-refractivity contribution in [2.45, 2.75) is 18.9 Å². The van der Waals surface area contributed by atoms with E-state index in [2.05, 4.69) is 10.0 Å². The van der Waals surface area contributed by atoms with Crippen molar-refractivity contribution in [3.8, 4) is 0 Å². The van der Waals surface area contributed by atoms with Crippen molar-refractivity contribution < 1.29 is 13.2 Å². The highest BCUT2D eigenvalue weighted by Crippen LogP contribution is 2.02. The molecule has 1 fully saturated rings. The lowest BCUT2D eigenvalue weighted by atomic mass is 10.1. The molecule has 84 valence electrons. The van der Waals surface area contributed by atoms with Gasteiger partial charge in [-0.3, -0.25) is 0 Å². The lowest BCUT2D eigenvalue weighted by Crippen LogP contribution is -2.46. The number of nitrogens with one attached hydrogen (secondary N) is 2. The van der Waals surface area contributed by atoms with Gasteiger partial charge in [0, 0.05) is 19.7 Å². The first-order valence-electron chi connectivity index (χ1n) is 4.84. The number of rotatable bonds is 5. The fourth-order valence-electron chi connectivity index (χ4n) is 1.46. The molecule has 1 rings (SSSR count). The highest BCUT2D eigenvalue weighted by molar-refractivity contribution is 7.89. The minimum Gasteiger partial charge on any atom is -0.384 e. The van der Waals surface area contributed by atoms with Crippen LogP contribution in [0.5, 0.6) is 0 Å². The van der Waals surface area contributed by atoms with Crippen LogP contribution in [-0.2, 0) is 14.8 Å². The van der Waals surface area contributed by atoms with E-state index in [1.54, 1.807) is 0 Å². The third-order valence-electron chi connectivity index (χ3n) is 2.20. The third kappa shape index (κ3) is 4.36. The van der Waals surface area contributed by atoms with Crippen molar-refractivity contribution in [1.82, 2.24) is 10.0 Å². The fraction of sp³-hybridized carbons (Fsp3) is 1.00. The highest BCUT2D eigenvalue weighted by Gasteiger charge is 2.19. The Balaban J connectivity index is 2.33. The van der Waals surface area contributed by atoms with E-state index in [-0.39, 0.29) is 18.4 Å². The van der Waals surface area contributed by atoms with Gasteiger partial charge in [-0.1, -0.05) is 0 Å². The summed E-state index contributed by atoms with van der Waals surface area (Å²) in [5.41, 5.74) is 0. The van der Waals surface area contributed by atoms with Crippen molar-refractivity contribution in [1.29, 1.82) is 0 Å². The maximum Gasteiger partial charge on any atom is 0.214 e. The molecule has 1 aliphatic rings. The van der Waals surface area contributed by atoms with Crippen LogP contribution in [0.1, 0.15) is 12.8 Å². The summed E-state index contributed by atoms with van der Waals surface area (Å²) in [6, 6.07) is 0.0469. The number of sulfonamides is 1. The molecular weight excluding hydrogens is 204 g/mol. The monoisotopic (exact) mass is 222 g/mol. The zero-order chi connectivity index (χ0) is 10.4. The van der Waals surface area contributed by atoms with Gasteiger partial charge >= 0.3 is 0 Å². The van der Waals surface area contributed by atoms with Crippen molar-refractivity contribution in [2.75, 3.05) is 32.6 Å². The first-order chi connectivity index (χ1) is 6.64. The van der Waals surface area contributed by atoms with Crippen LogP contribution in [0.25, 0.3) is 0 Å². The van der Waals surface area contributed by atoms with Crippen LogP contribution in [-0.4, -0.2) is 47.0 Å². The lowest BCUT2D eigenvalue weighted by molar-refractivity contribution is 0.216. The average Bonchev–Trinajstić information content (AvgIpc) is 2.16. The second kappa shape index (κ2) is 5.65. The molecular formula is C8H18N2O3S. The van der Waals surface area contributed by atoms with Crippen LogP contribution in [0, 0.1) is 0 Å². The minimum atomic E-state index is -3.16. The molecule has 1 aliphatic heterocycles. The first kappa shape index (κ1) is 11.9. The molecule has 0 aromatic heterocycles. The van der Waals surface area contributed by atoms with Crippen LogP contribution >= 0.6 is 0 Å². The van der Waals surface area contributed by atoms with Crippen LogP contribution < -0.4 is 10.0 Å². The molecule has 0 aliphatic carbocycles. The maximum atomic E-state index is 11.4. The number of ether oxygens (including phenoxy) is 1. The SMILES string of the molecule is COCCS(=O)(=O)N[C@H]1CCCNC1. The predicted octanol–water partition coefficient (Wildman–Crippen LogP) is -0.696. The van der Waals surface area contributed by atoms with Crippen LogP contribution in [0.15, 0.2) is 0 Å². The van der Waals surface area contributed by atoms with Crippen molar-refractivity contribution in [3.05, 3.63) is 0 Å². The van der Waals surface area contributed by atoms with Gasteiger partial charge in [-0.05, 0) is 19.4 Å². The van der Waals surface area contributed by atoms with Crippen molar-refractivity contribution in [2.24, 2.45) is 0 Å². The van der Waals surface area contributed by atoms with E-state index in [0.29, 0.717) is 0 Å². The van der Waals surface area contributed by atoms with Gasteiger partial charge in [0.05, 0.1) is 12.4 Å². The molecule has 0 radical (unpaired) electrons. The largest absolute Gasteiger partial charge is 0.384 e. The quantitative estimate of drug-likeness (QED) is 0.646. The molecule has 0 aromatic rings. The summed E-state index contributed by atoms with van der Waals surface area (Å²) >= 11 is 0. The van der Waals surface area contributed by atoms with E-state index in [9.17, 15) is 8.42 Å². The molecule has 1 atom stereocenters. The van der Waals surface area contributed by atoms with Gasteiger partial charge in [0.15, 0.2) is 0 Å². The van der Waals surface area contributed by atoms with E-state index < -0.39 is 10.0 Å². The topological polar surface area (TPSA) is 67.4 Å². The van der Waals surface area contributed by atoms with E-state index >= 15 is 0 Å². The normalized spacial score (nSPS) is 23.6. The van der Waals surface area contributed by atoms with E-state index in [0.717, 1.165) is 25.9 Å². The Morgan fingerprint density at radius 2 is 2.36 bits per heavy atom. The molecule has 0 bridgehead atoms. The van der Waals surface area contributed by atoms with Crippen LogP contribution in [0.2, 0.25) is 0 Å². The van der Waals surface area contributed by atoms with Crippen LogP contribution in [0.4, 0.5) is 0 Å². The van der Waals surface area contributed by atoms with Gasteiger partial charge in [0.1, 0.15) is 0 Å². The van der Waals surface area contributed by atoms with E-state index in [4.69, 9.17) is 4.74 Å². The Morgan fingerprint density at radius 3 is 2.93 bits per heavy atom. The molecule has 0 saturated carbocycles. The summed E-state index contributed by atoms with van der Waals surface area (Å²) < 4.78 is 30.3. The second-order valence-corrected chi connectivity index (χ2v) is 5.35. The zero-order valence-corrected chi connectivity index (χ0v) is 9.27. The predicted molar refractivity (Wildman–Crippen MR) is 54.7 cm³/mol. The highest BCUT2D eigenvalue weighted by atomic mass is 32.2. The molecule has 2 N–H and O–H groups in total. The molecule has 0 spiro atoms. The summed E-state index contributed by atoms with van der Waals surface area (Å²) in [4.78, 5) is 0. The minimum absolute atomic E-state index is 0.0417. The van der Waals surface area contributed by atoms with Gasteiger partial charge in [0.2, 0.25) is 10.0 Å². The van der Waals surface area contributed by atoms with Crippen molar-refractivity contribution >= 4 is 10.0 Å². The zero-order valence-electron chi connectivity index (χ0n) is 8.45. The smallest absolute Gasteiger partial charge is 0.214 e. The molecule has 5 nitrogen and oxygen atoms in total. The van der Waals surface area contributed by atoms with E-state index in [1.165, 1.54) is 7.11 Å².